The molecule has 1 aromatic heterocycles. The van der Waals surface area contributed by atoms with E-state index in [2.05, 4.69) is 32.3 Å². The molecule has 0 aliphatic carbocycles. The standard InChI is InChI=1S/C25H28N4O2/c30-24(21-18-26-25(27-19-21)31-23-9-3-1-4-10-23)28-22-13-11-20(12-14-22)8-7-17-29-15-5-2-6-16-29/h1,3-4,9-14,18-19H,2,5-8,15-17H2,(H,28,30). The fourth-order valence-electron chi connectivity index (χ4n) is 3.73. The number of hydrogen-bond donors (Lipinski definition) is 1. The first-order valence-electron chi connectivity index (χ1n) is 10.9. The first kappa shape index (κ1) is 21.0. The molecule has 1 fully saturated rings. The number of amides is 1. The molecule has 0 saturated carbocycles. The third-order valence-electron chi connectivity index (χ3n) is 5.44. The summed E-state index contributed by atoms with van der Waals surface area (Å²) in [6.45, 7) is 3.66. The number of nitrogens with zero attached hydrogens (tertiary/aromatic N) is 3. The number of ether oxygens (including phenoxy) is 1. The van der Waals surface area contributed by atoms with Crippen molar-refractivity contribution in [1.82, 2.24) is 14.9 Å². The molecule has 0 spiro atoms. The number of anilines is 1. The van der Waals surface area contributed by atoms with Crippen molar-refractivity contribution in [2.24, 2.45) is 0 Å². The van der Waals surface area contributed by atoms with E-state index >= 15 is 0 Å². The van der Waals surface area contributed by atoms with Crippen molar-refractivity contribution in [1.29, 1.82) is 0 Å². The smallest absolute Gasteiger partial charge is 0.321 e. The zero-order valence-corrected chi connectivity index (χ0v) is 17.7. The topological polar surface area (TPSA) is 67.4 Å². The molecule has 31 heavy (non-hydrogen) atoms. The number of carbonyl (C=O) groups excluding carboxylic acids is 1. The summed E-state index contributed by atoms with van der Waals surface area (Å²) in [6.07, 6.45) is 9.21. The SMILES string of the molecule is O=C(Nc1ccc(CCCN2CCCCC2)cc1)c1cnc(Oc2ccccc2)nc1. The van der Waals surface area contributed by atoms with Gasteiger partial charge in [-0.2, -0.15) is 0 Å². The highest BCUT2D eigenvalue weighted by Crippen LogP contribution is 2.17. The number of likely N-dealkylation sites (tertiary alicyclic amines) is 1. The summed E-state index contributed by atoms with van der Waals surface area (Å²) in [6, 6.07) is 17.6. The number of aryl methyl sites for hydroxylation is 1. The second-order valence-electron chi connectivity index (χ2n) is 7.83. The van der Waals surface area contributed by atoms with Crippen molar-refractivity contribution >= 4 is 11.6 Å². The largest absolute Gasteiger partial charge is 0.424 e. The van der Waals surface area contributed by atoms with Crippen LogP contribution in [0, 0.1) is 0 Å². The summed E-state index contributed by atoms with van der Waals surface area (Å²) in [7, 11) is 0. The van der Waals surface area contributed by atoms with Crippen molar-refractivity contribution in [2.45, 2.75) is 32.1 Å². The molecule has 1 amide bonds. The normalized spacial score (nSPS) is 14.2. The van der Waals surface area contributed by atoms with Gasteiger partial charge in [0.25, 0.3) is 5.91 Å². The highest BCUT2D eigenvalue weighted by molar-refractivity contribution is 6.03. The minimum Gasteiger partial charge on any atom is -0.424 e. The van der Waals surface area contributed by atoms with E-state index < -0.39 is 0 Å². The van der Waals surface area contributed by atoms with Crippen molar-refractivity contribution in [3.05, 3.63) is 78.1 Å². The molecule has 6 heteroatoms. The van der Waals surface area contributed by atoms with Crippen LogP contribution in [-0.4, -0.2) is 40.4 Å². The number of piperidine rings is 1. The predicted molar refractivity (Wildman–Crippen MR) is 122 cm³/mol. The van der Waals surface area contributed by atoms with Gasteiger partial charge >= 0.3 is 6.01 Å². The second-order valence-corrected chi connectivity index (χ2v) is 7.83. The molecule has 4 rings (SSSR count). The maximum Gasteiger partial charge on any atom is 0.321 e. The molecule has 0 unspecified atom stereocenters. The molecular weight excluding hydrogens is 388 g/mol. The Balaban J connectivity index is 1.25. The van der Waals surface area contributed by atoms with Gasteiger partial charge in [0.2, 0.25) is 0 Å². The van der Waals surface area contributed by atoms with Crippen LogP contribution < -0.4 is 10.1 Å². The number of aromatic nitrogens is 2. The van der Waals surface area contributed by atoms with Crippen molar-refractivity contribution in [3.63, 3.8) is 0 Å². The Morgan fingerprint density at radius 2 is 1.65 bits per heavy atom. The predicted octanol–water partition coefficient (Wildman–Crippen LogP) is 4.94. The lowest BCUT2D eigenvalue weighted by atomic mass is 10.1. The van der Waals surface area contributed by atoms with E-state index in [9.17, 15) is 4.79 Å². The van der Waals surface area contributed by atoms with Crippen molar-refractivity contribution in [3.8, 4) is 11.8 Å². The Labute approximate surface area is 183 Å². The number of benzene rings is 2. The Morgan fingerprint density at radius 1 is 0.935 bits per heavy atom. The molecule has 2 aromatic carbocycles. The average Bonchev–Trinajstić information content (AvgIpc) is 2.82. The number of carbonyl (C=O) groups is 1. The van der Waals surface area contributed by atoms with Crippen LogP contribution in [-0.2, 0) is 6.42 Å². The molecule has 0 radical (unpaired) electrons. The van der Waals surface area contributed by atoms with Crippen LogP contribution in [0.2, 0.25) is 0 Å². The molecule has 1 aliphatic heterocycles. The third kappa shape index (κ3) is 6.36. The number of hydrogen-bond acceptors (Lipinski definition) is 5. The minimum absolute atomic E-state index is 0.205. The lowest BCUT2D eigenvalue weighted by Crippen LogP contribution is -2.30. The summed E-state index contributed by atoms with van der Waals surface area (Å²) < 4.78 is 5.56. The van der Waals surface area contributed by atoms with Crippen molar-refractivity contribution < 1.29 is 9.53 Å². The van der Waals surface area contributed by atoms with Gasteiger partial charge in [0.15, 0.2) is 0 Å². The molecule has 0 atom stereocenters. The lowest BCUT2D eigenvalue weighted by Gasteiger charge is -2.26. The zero-order valence-electron chi connectivity index (χ0n) is 17.7. The molecule has 3 aromatic rings. The van der Waals surface area contributed by atoms with E-state index in [-0.39, 0.29) is 11.9 Å². The van der Waals surface area contributed by atoms with E-state index in [0.717, 1.165) is 12.1 Å². The van der Waals surface area contributed by atoms with Crippen LogP contribution >= 0.6 is 0 Å². The quantitative estimate of drug-likeness (QED) is 0.563. The van der Waals surface area contributed by atoms with Crippen LogP contribution in [0.5, 0.6) is 11.8 Å². The number of nitrogens with one attached hydrogen (secondary N) is 1. The van der Waals surface area contributed by atoms with Crippen molar-refractivity contribution in [2.75, 3.05) is 25.0 Å². The average molecular weight is 417 g/mol. The van der Waals surface area contributed by atoms with Gasteiger partial charge in [0, 0.05) is 18.1 Å². The van der Waals surface area contributed by atoms with E-state index in [0.29, 0.717) is 11.3 Å². The Bertz CT molecular complexity index is 953. The van der Waals surface area contributed by atoms with Crippen LogP contribution in [0.1, 0.15) is 41.6 Å². The fraction of sp³-hybridized carbons (Fsp3) is 0.320. The van der Waals surface area contributed by atoms with Crippen LogP contribution in [0.3, 0.4) is 0 Å². The fourth-order valence-corrected chi connectivity index (χ4v) is 3.73. The van der Waals surface area contributed by atoms with Crippen LogP contribution in [0.15, 0.2) is 67.0 Å². The summed E-state index contributed by atoms with van der Waals surface area (Å²) in [4.78, 5) is 23.3. The van der Waals surface area contributed by atoms with Gasteiger partial charge in [-0.3, -0.25) is 4.79 Å². The number of rotatable bonds is 8. The molecule has 1 saturated heterocycles. The molecule has 1 N–H and O–H groups in total. The molecule has 2 heterocycles. The second kappa shape index (κ2) is 10.7. The Kier molecular flexibility index (Phi) is 7.24. The monoisotopic (exact) mass is 416 g/mol. The molecule has 1 aliphatic rings. The summed E-state index contributed by atoms with van der Waals surface area (Å²) in [5, 5.41) is 2.89. The van der Waals surface area contributed by atoms with E-state index in [1.807, 2.05) is 42.5 Å². The van der Waals surface area contributed by atoms with Crippen LogP contribution in [0.25, 0.3) is 0 Å². The summed E-state index contributed by atoms with van der Waals surface area (Å²) >= 11 is 0. The summed E-state index contributed by atoms with van der Waals surface area (Å²) in [5.41, 5.74) is 2.43. The Morgan fingerprint density at radius 3 is 2.35 bits per heavy atom. The van der Waals surface area contributed by atoms with E-state index in [1.54, 1.807) is 0 Å². The highest BCUT2D eigenvalue weighted by atomic mass is 16.5. The lowest BCUT2D eigenvalue weighted by molar-refractivity contribution is 0.102. The van der Waals surface area contributed by atoms with Gasteiger partial charge in [-0.15, -0.1) is 0 Å². The molecule has 0 bridgehead atoms. The molecule has 6 nitrogen and oxygen atoms in total. The van der Waals surface area contributed by atoms with E-state index in [4.69, 9.17) is 4.74 Å². The maximum atomic E-state index is 12.5. The molecular formula is C25H28N4O2. The summed E-state index contributed by atoms with van der Waals surface area (Å²) in [5.74, 6) is 0.403. The first-order valence-corrected chi connectivity index (χ1v) is 10.9. The first-order chi connectivity index (χ1) is 15.3. The highest BCUT2D eigenvalue weighted by Gasteiger charge is 2.10. The maximum absolute atomic E-state index is 12.5. The zero-order chi connectivity index (χ0) is 21.3. The van der Waals surface area contributed by atoms with E-state index in [1.165, 1.54) is 63.3 Å². The van der Waals surface area contributed by atoms with Gasteiger partial charge in [0.05, 0.1) is 5.56 Å². The number of para-hydroxylation sites is 1. The van der Waals surface area contributed by atoms with Crippen LogP contribution in [0.4, 0.5) is 5.69 Å². The van der Waals surface area contributed by atoms with Gasteiger partial charge in [0.1, 0.15) is 5.75 Å². The van der Waals surface area contributed by atoms with Gasteiger partial charge in [-0.1, -0.05) is 36.8 Å². The van der Waals surface area contributed by atoms with Gasteiger partial charge < -0.3 is 15.0 Å². The van der Waals surface area contributed by atoms with Gasteiger partial charge in [-0.25, -0.2) is 9.97 Å². The Hall–Kier alpha value is -3.25. The van der Waals surface area contributed by atoms with Gasteiger partial charge in [-0.05, 0) is 75.1 Å². The third-order valence-corrected chi connectivity index (χ3v) is 5.44. The minimum atomic E-state index is -0.246. The molecule has 160 valence electrons.